The number of thiazole rings is 1. The molecule has 6 nitrogen and oxygen atoms in total. The van der Waals surface area contributed by atoms with E-state index in [2.05, 4.69) is 29.8 Å². The van der Waals surface area contributed by atoms with Crippen LogP contribution in [0, 0.1) is 22.7 Å². The van der Waals surface area contributed by atoms with Gasteiger partial charge < -0.3 is 15.5 Å². The maximum absolute atomic E-state index is 12.7. The summed E-state index contributed by atoms with van der Waals surface area (Å²) in [5.41, 5.74) is 9.64. The number of fused-ring (bicyclic) bond motifs is 1. The highest BCUT2D eigenvalue weighted by molar-refractivity contribution is 7.17. The summed E-state index contributed by atoms with van der Waals surface area (Å²) in [5.74, 6) is -0.0908. The fourth-order valence-electron chi connectivity index (χ4n) is 4.96. The Kier molecular flexibility index (Phi) is 3.42. The minimum absolute atomic E-state index is 0.131. The van der Waals surface area contributed by atoms with Gasteiger partial charge >= 0.3 is 0 Å². The van der Waals surface area contributed by atoms with Crippen molar-refractivity contribution in [1.82, 2.24) is 9.88 Å². The highest BCUT2D eigenvalue weighted by Crippen LogP contribution is 2.55. The van der Waals surface area contributed by atoms with Crippen LogP contribution in [0.1, 0.15) is 20.3 Å². The summed E-state index contributed by atoms with van der Waals surface area (Å²) in [6, 6.07) is 6.10. The highest BCUT2D eigenvalue weighted by atomic mass is 32.1. The Balaban J connectivity index is 1.38. The molecule has 3 heterocycles. The molecule has 1 saturated carbocycles. The maximum atomic E-state index is 12.7. The van der Waals surface area contributed by atoms with Gasteiger partial charge in [0.05, 0.1) is 27.3 Å². The highest BCUT2D eigenvalue weighted by Gasteiger charge is 2.61. The number of benzene rings is 1. The largest absolute Gasteiger partial charge is 0.369 e. The zero-order valence-corrected chi connectivity index (χ0v) is 16.5. The van der Waals surface area contributed by atoms with Gasteiger partial charge in [0.15, 0.2) is 0 Å². The Hall–Kier alpha value is -2.15. The maximum Gasteiger partial charge on any atom is 0.226 e. The second-order valence-electron chi connectivity index (χ2n) is 9.12. The lowest BCUT2D eigenvalue weighted by Crippen LogP contribution is -2.64. The second kappa shape index (κ2) is 5.44. The number of likely N-dealkylation sites (tertiary alicyclic amines) is 1. The third-order valence-electron chi connectivity index (χ3n) is 6.80. The van der Waals surface area contributed by atoms with Gasteiger partial charge in [-0.3, -0.25) is 9.59 Å². The first-order chi connectivity index (χ1) is 12.8. The third kappa shape index (κ3) is 2.47. The van der Waals surface area contributed by atoms with Crippen LogP contribution < -0.4 is 10.6 Å². The average molecular weight is 385 g/mol. The number of primary amides is 1. The molecule has 2 aliphatic heterocycles. The molecular formula is C20H24N4O2S. The van der Waals surface area contributed by atoms with Crippen molar-refractivity contribution < 1.29 is 9.59 Å². The van der Waals surface area contributed by atoms with Crippen molar-refractivity contribution in [1.29, 1.82) is 0 Å². The van der Waals surface area contributed by atoms with E-state index in [0.29, 0.717) is 19.6 Å². The van der Waals surface area contributed by atoms with Gasteiger partial charge in [-0.05, 0) is 24.0 Å². The molecule has 2 aromatic rings. The van der Waals surface area contributed by atoms with E-state index < -0.39 is 0 Å². The van der Waals surface area contributed by atoms with Gasteiger partial charge in [0, 0.05) is 37.5 Å². The number of amides is 2. The van der Waals surface area contributed by atoms with Crippen LogP contribution in [0.25, 0.3) is 10.2 Å². The molecule has 0 radical (unpaired) electrons. The SMILES string of the molecule is CC1(C)C[C@@H]1C(=O)N1CC2(C1)CN(c1cccc3ncsc13)CC2C(N)=O. The average Bonchev–Trinajstić information content (AvgIpc) is 2.98. The fourth-order valence-corrected chi connectivity index (χ4v) is 5.79. The standard InChI is InChI=1S/C20H24N4O2S/c1-19(2)6-12(19)18(26)24-9-20(10-24)8-23(7-13(20)17(21)25)15-5-3-4-14-16(15)27-11-22-14/h3-5,11-13H,6-10H2,1-2H3,(H2,21,25)/t12-,13?/m1/s1. The van der Waals surface area contributed by atoms with E-state index in [1.807, 2.05) is 22.5 Å². The molecule has 1 unspecified atom stereocenters. The molecule has 2 atom stereocenters. The molecule has 2 N–H and O–H groups in total. The number of carbonyl (C=O) groups is 2. The monoisotopic (exact) mass is 384 g/mol. The van der Waals surface area contributed by atoms with E-state index in [0.717, 1.165) is 28.9 Å². The van der Waals surface area contributed by atoms with Gasteiger partial charge in [-0.25, -0.2) is 4.98 Å². The number of nitrogens with two attached hydrogens (primary N) is 1. The molecule has 2 saturated heterocycles. The Bertz CT molecular complexity index is 946. The summed E-state index contributed by atoms with van der Waals surface area (Å²) in [4.78, 5) is 33.5. The van der Waals surface area contributed by atoms with Crippen LogP contribution in [0.2, 0.25) is 0 Å². The molecule has 1 spiro atoms. The predicted octanol–water partition coefficient (Wildman–Crippen LogP) is 2.09. The molecule has 1 aromatic heterocycles. The lowest BCUT2D eigenvalue weighted by Gasteiger charge is -2.50. The molecule has 1 aliphatic carbocycles. The zero-order chi connectivity index (χ0) is 19.0. The first-order valence-corrected chi connectivity index (χ1v) is 10.3. The van der Waals surface area contributed by atoms with Gasteiger partial charge in [-0.15, -0.1) is 11.3 Å². The summed E-state index contributed by atoms with van der Waals surface area (Å²) >= 11 is 1.62. The Morgan fingerprint density at radius 1 is 1.22 bits per heavy atom. The molecule has 1 aromatic carbocycles. The molecule has 2 amide bonds. The van der Waals surface area contributed by atoms with Crippen LogP contribution in [-0.2, 0) is 9.59 Å². The van der Waals surface area contributed by atoms with Crippen molar-refractivity contribution in [3.8, 4) is 0 Å². The molecule has 5 rings (SSSR count). The van der Waals surface area contributed by atoms with E-state index in [9.17, 15) is 9.59 Å². The van der Waals surface area contributed by atoms with Gasteiger partial charge in [0.1, 0.15) is 0 Å². The molecule has 142 valence electrons. The third-order valence-corrected chi connectivity index (χ3v) is 7.67. The normalized spacial score (nSPS) is 27.8. The number of hydrogen-bond donors (Lipinski definition) is 1. The van der Waals surface area contributed by atoms with Crippen LogP contribution in [0.4, 0.5) is 5.69 Å². The minimum atomic E-state index is -0.257. The quantitative estimate of drug-likeness (QED) is 0.879. The van der Waals surface area contributed by atoms with Crippen molar-refractivity contribution in [2.24, 2.45) is 28.4 Å². The zero-order valence-electron chi connectivity index (χ0n) is 15.6. The molecule has 7 heteroatoms. The van der Waals surface area contributed by atoms with Crippen molar-refractivity contribution >= 4 is 39.1 Å². The van der Waals surface area contributed by atoms with Crippen molar-refractivity contribution in [3.05, 3.63) is 23.7 Å². The molecular weight excluding hydrogens is 360 g/mol. The smallest absolute Gasteiger partial charge is 0.226 e. The number of hydrogen-bond acceptors (Lipinski definition) is 5. The Morgan fingerprint density at radius 3 is 2.63 bits per heavy atom. The van der Waals surface area contributed by atoms with Crippen molar-refractivity contribution in [3.63, 3.8) is 0 Å². The van der Waals surface area contributed by atoms with Gasteiger partial charge in [-0.1, -0.05) is 19.9 Å². The van der Waals surface area contributed by atoms with Crippen LogP contribution in [-0.4, -0.2) is 47.9 Å². The summed E-state index contributed by atoms with van der Waals surface area (Å²) in [7, 11) is 0. The van der Waals surface area contributed by atoms with E-state index in [1.54, 1.807) is 11.3 Å². The van der Waals surface area contributed by atoms with E-state index in [-0.39, 0.29) is 34.5 Å². The van der Waals surface area contributed by atoms with Crippen LogP contribution >= 0.6 is 11.3 Å². The lowest BCUT2D eigenvalue weighted by molar-refractivity contribution is -0.150. The number of anilines is 1. The van der Waals surface area contributed by atoms with Crippen LogP contribution in [0.3, 0.4) is 0 Å². The molecule has 27 heavy (non-hydrogen) atoms. The fraction of sp³-hybridized carbons (Fsp3) is 0.550. The van der Waals surface area contributed by atoms with Crippen molar-refractivity contribution in [2.75, 3.05) is 31.1 Å². The van der Waals surface area contributed by atoms with Crippen molar-refractivity contribution in [2.45, 2.75) is 20.3 Å². The minimum Gasteiger partial charge on any atom is -0.369 e. The number of carbonyl (C=O) groups excluding carboxylic acids is 2. The van der Waals surface area contributed by atoms with E-state index in [4.69, 9.17) is 5.73 Å². The predicted molar refractivity (Wildman–Crippen MR) is 105 cm³/mol. The molecule has 3 aliphatic rings. The summed E-state index contributed by atoms with van der Waals surface area (Å²) in [6.45, 7) is 6.94. The van der Waals surface area contributed by atoms with Gasteiger partial charge in [-0.2, -0.15) is 0 Å². The van der Waals surface area contributed by atoms with E-state index >= 15 is 0 Å². The summed E-state index contributed by atoms with van der Waals surface area (Å²) in [6.07, 6.45) is 0.966. The van der Waals surface area contributed by atoms with Gasteiger partial charge in [0.25, 0.3) is 0 Å². The summed E-state index contributed by atoms with van der Waals surface area (Å²) in [5, 5.41) is 0. The molecule has 3 fully saturated rings. The summed E-state index contributed by atoms with van der Waals surface area (Å²) < 4.78 is 1.14. The van der Waals surface area contributed by atoms with Crippen LogP contribution in [0.5, 0.6) is 0 Å². The topological polar surface area (TPSA) is 79.5 Å². The first kappa shape index (κ1) is 17.0. The van der Waals surface area contributed by atoms with Gasteiger partial charge in [0.2, 0.25) is 11.8 Å². The first-order valence-electron chi connectivity index (χ1n) is 9.46. The molecule has 0 bridgehead atoms. The number of rotatable bonds is 3. The lowest BCUT2D eigenvalue weighted by atomic mass is 9.71. The van der Waals surface area contributed by atoms with Crippen LogP contribution in [0.15, 0.2) is 23.7 Å². The van der Waals surface area contributed by atoms with E-state index in [1.165, 1.54) is 0 Å². The second-order valence-corrected chi connectivity index (χ2v) is 9.97. The number of aromatic nitrogens is 1. The number of nitrogens with zero attached hydrogens (tertiary/aromatic N) is 3. The Labute approximate surface area is 162 Å². The Morgan fingerprint density at radius 2 is 1.96 bits per heavy atom.